The number of methoxy groups -OCH3 is 1. The number of imide groups is 1. The Morgan fingerprint density at radius 2 is 2.00 bits per heavy atom. The zero-order valence-corrected chi connectivity index (χ0v) is 11.1. The maximum absolute atomic E-state index is 12.4. The highest BCUT2D eigenvalue weighted by Gasteiger charge is 2.52. The molecule has 1 saturated carbocycles. The van der Waals surface area contributed by atoms with Crippen LogP contribution >= 0.6 is 0 Å². The monoisotopic (exact) mass is 269 g/mol. The molecule has 6 nitrogen and oxygen atoms in total. The minimum Gasteiger partial charge on any atom is -0.479 e. The van der Waals surface area contributed by atoms with Crippen LogP contribution in [0.5, 0.6) is 0 Å². The Balaban J connectivity index is 2.12. The number of hydrogen-bond acceptors (Lipinski definition) is 4. The van der Waals surface area contributed by atoms with Crippen molar-refractivity contribution in [3.63, 3.8) is 0 Å². The normalized spacial score (nSPS) is 23.9. The van der Waals surface area contributed by atoms with Crippen molar-refractivity contribution in [1.82, 2.24) is 4.90 Å². The van der Waals surface area contributed by atoms with Crippen LogP contribution in [0.15, 0.2) is 0 Å². The zero-order chi connectivity index (χ0) is 14.0. The first-order valence-corrected chi connectivity index (χ1v) is 6.60. The van der Waals surface area contributed by atoms with E-state index < -0.39 is 17.5 Å². The van der Waals surface area contributed by atoms with E-state index in [1.54, 1.807) is 0 Å². The van der Waals surface area contributed by atoms with E-state index in [2.05, 4.69) is 0 Å². The molecule has 0 aromatic heterocycles. The topological polar surface area (TPSA) is 83.9 Å². The maximum atomic E-state index is 12.4. The van der Waals surface area contributed by atoms with Crippen molar-refractivity contribution in [3.8, 4) is 0 Å². The third-order valence-electron chi connectivity index (χ3n) is 4.21. The van der Waals surface area contributed by atoms with Crippen molar-refractivity contribution < 1.29 is 24.2 Å². The van der Waals surface area contributed by atoms with Crippen LogP contribution in [0.4, 0.5) is 0 Å². The summed E-state index contributed by atoms with van der Waals surface area (Å²) in [6.45, 7) is -0.189. The molecule has 1 unspecified atom stereocenters. The molecule has 0 radical (unpaired) electrons. The van der Waals surface area contributed by atoms with E-state index >= 15 is 0 Å². The van der Waals surface area contributed by atoms with Crippen molar-refractivity contribution in [1.29, 1.82) is 0 Å². The summed E-state index contributed by atoms with van der Waals surface area (Å²) in [5.41, 5.74) is -0.563. The molecule has 1 N–H and O–H groups in total. The number of carboxylic acid groups (broad SMARTS) is 1. The summed E-state index contributed by atoms with van der Waals surface area (Å²) in [5.74, 6) is -1.64. The van der Waals surface area contributed by atoms with E-state index in [1.165, 1.54) is 7.11 Å². The van der Waals surface area contributed by atoms with Gasteiger partial charge in [-0.05, 0) is 12.8 Å². The minimum absolute atomic E-state index is 0.189. The van der Waals surface area contributed by atoms with Gasteiger partial charge in [0.05, 0.1) is 12.0 Å². The van der Waals surface area contributed by atoms with Gasteiger partial charge >= 0.3 is 5.97 Å². The van der Waals surface area contributed by atoms with Crippen LogP contribution in [0, 0.1) is 5.41 Å². The molecule has 0 bridgehead atoms. The maximum Gasteiger partial charge on any atom is 0.334 e. The molecule has 1 atom stereocenters. The fourth-order valence-corrected chi connectivity index (χ4v) is 3.08. The number of likely N-dealkylation sites (tertiary alicyclic amines) is 1. The zero-order valence-electron chi connectivity index (χ0n) is 11.1. The number of carboxylic acids is 1. The predicted molar refractivity (Wildman–Crippen MR) is 65.3 cm³/mol. The lowest BCUT2D eigenvalue weighted by Gasteiger charge is -2.30. The van der Waals surface area contributed by atoms with Gasteiger partial charge in [0.15, 0.2) is 6.10 Å². The molecule has 2 rings (SSSR count). The average molecular weight is 269 g/mol. The minimum atomic E-state index is -1.16. The van der Waals surface area contributed by atoms with Crippen molar-refractivity contribution >= 4 is 17.8 Å². The molecule has 1 spiro atoms. The Bertz CT molecular complexity index is 400. The highest BCUT2D eigenvalue weighted by Crippen LogP contribution is 2.45. The Morgan fingerprint density at radius 3 is 2.53 bits per heavy atom. The molecule has 1 heterocycles. The number of carbonyl (C=O) groups excluding carboxylic acids is 2. The third-order valence-corrected chi connectivity index (χ3v) is 4.21. The van der Waals surface area contributed by atoms with E-state index in [0.717, 1.165) is 37.0 Å². The van der Waals surface area contributed by atoms with Crippen LogP contribution in [0.25, 0.3) is 0 Å². The van der Waals surface area contributed by atoms with Gasteiger partial charge in [-0.3, -0.25) is 14.5 Å². The summed E-state index contributed by atoms with van der Waals surface area (Å²) in [5, 5.41) is 8.93. The standard InChI is InChI=1S/C13H19NO5/c1-19-9(11(16)17)8-14-10(15)7-13(12(14)18)5-3-2-4-6-13/h9H,2-8H2,1H3,(H,16,17). The first-order chi connectivity index (χ1) is 9.00. The van der Waals surface area contributed by atoms with Gasteiger partial charge in [-0.2, -0.15) is 0 Å². The van der Waals surface area contributed by atoms with Crippen molar-refractivity contribution in [2.75, 3.05) is 13.7 Å². The van der Waals surface area contributed by atoms with Gasteiger partial charge in [-0.1, -0.05) is 19.3 Å². The SMILES string of the molecule is COC(CN1C(=O)CC2(CCCCC2)C1=O)C(=O)O. The second kappa shape index (κ2) is 5.28. The van der Waals surface area contributed by atoms with Crippen LogP contribution in [-0.2, 0) is 19.1 Å². The number of amides is 2. The Hall–Kier alpha value is -1.43. The fourth-order valence-electron chi connectivity index (χ4n) is 3.08. The molecule has 19 heavy (non-hydrogen) atoms. The van der Waals surface area contributed by atoms with Gasteiger partial charge in [0.25, 0.3) is 0 Å². The molecule has 1 saturated heterocycles. The molecule has 6 heteroatoms. The third kappa shape index (κ3) is 2.49. The molecule has 0 aromatic carbocycles. The summed E-state index contributed by atoms with van der Waals surface area (Å²) >= 11 is 0. The largest absolute Gasteiger partial charge is 0.479 e. The molecule has 1 aliphatic heterocycles. The van der Waals surface area contributed by atoms with E-state index in [-0.39, 0.29) is 24.8 Å². The van der Waals surface area contributed by atoms with Crippen molar-refractivity contribution in [2.24, 2.45) is 5.41 Å². The summed E-state index contributed by atoms with van der Waals surface area (Å²) in [6, 6.07) is 0. The Labute approximate surface area is 111 Å². The predicted octanol–water partition coefficient (Wildman–Crippen LogP) is 0.795. The molecule has 2 aliphatic rings. The lowest BCUT2D eigenvalue weighted by molar-refractivity contribution is -0.153. The van der Waals surface area contributed by atoms with Crippen LogP contribution in [0.2, 0.25) is 0 Å². The average Bonchev–Trinajstić information content (AvgIpc) is 2.60. The number of nitrogens with zero attached hydrogens (tertiary/aromatic N) is 1. The van der Waals surface area contributed by atoms with Crippen LogP contribution in [0.3, 0.4) is 0 Å². The van der Waals surface area contributed by atoms with Crippen molar-refractivity contribution in [3.05, 3.63) is 0 Å². The van der Waals surface area contributed by atoms with E-state index in [0.29, 0.717) is 0 Å². The summed E-state index contributed by atoms with van der Waals surface area (Å²) in [6.07, 6.45) is 3.56. The number of aliphatic carboxylic acids is 1. The van der Waals surface area contributed by atoms with Gasteiger partial charge in [0.1, 0.15) is 0 Å². The van der Waals surface area contributed by atoms with E-state index in [1.807, 2.05) is 0 Å². The Morgan fingerprint density at radius 1 is 1.37 bits per heavy atom. The van der Waals surface area contributed by atoms with Crippen LogP contribution in [-0.4, -0.2) is 47.5 Å². The lowest BCUT2D eigenvalue weighted by atomic mass is 9.73. The molecule has 106 valence electrons. The molecular formula is C13H19NO5. The first-order valence-electron chi connectivity index (χ1n) is 6.60. The highest BCUT2D eigenvalue weighted by atomic mass is 16.5. The van der Waals surface area contributed by atoms with Gasteiger partial charge in [0, 0.05) is 13.5 Å². The number of hydrogen-bond donors (Lipinski definition) is 1. The van der Waals surface area contributed by atoms with Gasteiger partial charge in [-0.15, -0.1) is 0 Å². The Kier molecular flexibility index (Phi) is 3.89. The fraction of sp³-hybridized carbons (Fsp3) is 0.769. The van der Waals surface area contributed by atoms with Crippen LogP contribution in [0.1, 0.15) is 38.5 Å². The van der Waals surface area contributed by atoms with Gasteiger partial charge in [0.2, 0.25) is 11.8 Å². The first kappa shape index (κ1) is 14.0. The molecule has 0 aromatic rings. The second-order valence-corrected chi connectivity index (χ2v) is 5.39. The second-order valence-electron chi connectivity index (χ2n) is 5.39. The van der Waals surface area contributed by atoms with E-state index in [9.17, 15) is 14.4 Å². The molecular weight excluding hydrogens is 250 g/mol. The molecule has 1 aliphatic carbocycles. The van der Waals surface area contributed by atoms with Crippen LogP contribution < -0.4 is 0 Å². The molecule has 2 fully saturated rings. The highest BCUT2D eigenvalue weighted by molar-refractivity contribution is 6.06. The molecule has 2 amide bonds. The van der Waals surface area contributed by atoms with Gasteiger partial charge in [-0.25, -0.2) is 4.79 Å². The smallest absolute Gasteiger partial charge is 0.334 e. The summed E-state index contributed by atoms with van der Waals surface area (Å²) in [7, 11) is 1.26. The van der Waals surface area contributed by atoms with Crippen molar-refractivity contribution in [2.45, 2.75) is 44.6 Å². The number of ether oxygens (including phenoxy) is 1. The number of rotatable bonds is 4. The lowest BCUT2D eigenvalue weighted by Crippen LogP contribution is -2.43. The number of carbonyl (C=O) groups is 3. The van der Waals surface area contributed by atoms with E-state index in [4.69, 9.17) is 9.84 Å². The quantitative estimate of drug-likeness (QED) is 0.763. The van der Waals surface area contributed by atoms with Gasteiger partial charge < -0.3 is 9.84 Å². The summed E-state index contributed by atoms with van der Waals surface area (Å²) in [4.78, 5) is 36.4. The summed E-state index contributed by atoms with van der Waals surface area (Å²) < 4.78 is 4.80.